The van der Waals surface area contributed by atoms with E-state index in [9.17, 15) is 14.9 Å². The zero-order valence-electron chi connectivity index (χ0n) is 16.8. The molecule has 6 nitrogen and oxygen atoms in total. The van der Waals surface area contributed by atoms with Gasteiger partial charge in [0, 0.05) is 29.9 Å². The molecule has 3 aromatic rings. The van der Waals surface area contributed by atoms with Gasteiger partial charge in [-0.3, -0.25) is 9.59 Å². The molecule has 0 saturated heterocycles. The Kier molecular flexibility index (Phi) is 5.11. The van der Waals surface area contributed by atoms with E-state index in [0.717, 1.165) is 11.3 Å². The second kappa shape index (κ2) is 7.88. The van der Waals surface area contributed by atoms with Crippen molar-refractivity contribution in [3.8, 4) is 6.07 Å². The highest BCUT2D eigenvalue weighted by molar-refractivity contribution is 6.06. The number of nitrogens with zero attached hydrogens (tertiary/aromatic N) is 3. The zero-order valence-corrected chi connectivity index (χ0v) is 16.8. The van der Waals surface area contributed by atoms with Crippen molar-refractivity contribution in [1.82, 2.24) is 0 Å². The molecule has 2 aromatic carbocycles. The normalized spacial score (nSPS) is 17.7. The van der Waals surface area contributed by atoms with Crippen LogP contribution in [0.5, 0.6) is 0 Å². The lowest BCUT2D eigenvalue weighted by molar-refractivity contribution is -0.117. The van der Waals surface area contributed by atoms with E-state index in [1.807, 2.05) is 37.3 Å². The number of carbonyl (C=O) groups excluding carboxylic acids is 2. The number of fused-ring (bicyclic) bond motifs is 1. The third kappa shape index (κ3) is 3.35. The SMILES string of the molecule is CC(=O)N(c1ccccc1)C1CC(C)N(C(=O)c2ccco2)c2ccc(C#N)cc21. The molecule has 150 valence electrons. The Hall–Kier alpha value is -3.85. The zero-order chi connectivity index (χ0) is 21.3. The van der Waals surface area contributed by atoms with Crippen LogP contribution in [-0.4, -0.2) is 17.9 Å². The average Bonchev–Trinajstić information content (AvgIpc) is 3.29. The number of furan rings is 1. The number of rotatable bonds is 3. The summed E-state index contributed by atoms with van der Waals surface area (Å²) in [6.07, 6.45) is 2.00. The summed E-state index contributed by atoms with van der Waals surface area (Å²) < 4.78 is 5.33. The van der Waals surface area contributed by atoms with Crippen molar-refractivity contribution in [3.63, 3.8) is 0 Å². The van der Waals surface area contributed by atoms with Gasteiger partial charge in [-0.25, -0.2) is 0 Å². The third-order valence-electron chi connectivity index (χ3n) is 5.42. The quantitative estimate of drug-likeness (QED) is 0.640. The van der Waals surface area contributed by atoms with Gasteiger partial charge in [-0.1, -0.05) is 18.2 Å². The lowest BCUT2D eigenvalue weighted by Gasteiger charge is -2.43. The molecule has 0 spiro atoms. The number of carbonyl (C=O) groups is 2. The van der Waals surface area contributed by atoms with Crippen molar-refractivity contribution in [3.05, 3.63) is 83.8 Å². The average molecular weight is 399 g/mol. The first-order valence-corrected chi connectivity index (χ1v) is 9.77. The monoisotopic (exact) mass is 399 g/mol. The van der Waals surface area contributed by atoms with Crippen LogP contribution in [0.15, 0.2) is 71.3 Å². The van der Waals surface area contributed by atoms with Crippen LogP contribution in [0, 0.1) is 11.3 Å². The van der Waals surface area contributed by atoms with Gasteiger partial charge in [0.05, 0.1) is 23.9 Å². The molecule has 0 radical (unpaired) electrons. The highest BCUT2D eigenvalue weighted by Gasteiger charge is 2.39. The highest BCUT2D eigenvalue weighted by Crippen LogP contribution is 2.43. The van der Waals surface area contributed by atoms with Gasteiger partial charge in [0.1, 0.15) is 0 Å². The second-order valence-corrected chi connectivity index (χ2v) is 7.36. The number of nitriles is 1. The molecule has 1 aliphatic heterocycles. The van der Waals surface area contributed by atoms with Crippen LogP contribution in [-0.2, 0) is 4.79 Å². The molecule has 0 bridgehead atoms. The third-order valence-corrected chi connectivity index (χ3v) is 5.42. The van der Waals surface area contributed by atoms with Crippen molar-refractivity contribution >= 4 is 23.2 Å². The largest absolute Gasteiger partial charge is 0.459 e. The van der Waals surface area contributed by atoms with Crippen molar-refractivity contribution in [2.45, 2.75) is 32.4 Å². The van der Waals surface area contributed by atoms with Crippen molar-refractivity contribution in [2.75, 3.05) is 9.80 Å². The smallest absolute Gasteiger partial charge is 0.294 e. The van der Waals surface area contributed by atoms with Crippen LogP contribution >= 0.6 is 0 Å². The van der Waals surface area contributed by atoms with Gasteiger partial charge in [-0.05, 0) is 55.8 Å². The Labute approximate surface area is 174 Å². The second-order valence-electron chi connectivity index (χ2n) is 7.36. The molecule has 4 rings (SSSR count). The van der Waals surface area contributed by atoms with Crippen LogP contribution in [0.25, 0.3) is 0 Å². The van der Waals surface area contributed by atoms with E-state index in [-0.39, 0.29) is 29.7 Å². The summed E-state index contributed by atoms with van der Waals surface area (Å²) in [6, 6.07) is 19.7. The number of para-hydroxylation sites is 1. The van der Waals surface area contributed by atoms with Crippen LogP contribution in [0.4, 0.5) is 11.4 Å². The summed E-state index contributed by atoms with van der Waals surface area (Å²) in [4.78, 5) is 29.3. The fourth-order valence-electron chi connectivity index (χ4n) is 4.15. The fourth-order valence-corrected chi connectivity index (χ4v) is 4.15. The molecule has 2 amide bonds. The van der Waals surface area contributed by atoms with E-state index in [0.29, 0.717) is 17.7 Å². The Bertz CT molecular complexity index is 1120. The summed E-state index contributed by atoms with van der Waals surface area (Å²) in [5.74, 6) is -0.0920. The molecule has 0 saturated carbocycles. The molecule has 30 heavy (non-hydrogen) atoms. The molecule has 0 N–H and O–H groups in total. The Morgan fingerprint density at radius 1 is 1.13 bits per heavy atom. The van der Waals surface area contributed by atoms with Gasteiger partial charge >= 0.3 is 0 Å². The molecule has 1 aromatic heterocycles. The van der Waals surface area contributed by atoms with Crippen LogP contribution in [0.3, 0.4) is 0 Å². The molecule has 0 fully saturated rings. The number of amides is 2. The van der Waals surface area contributed by atoms with Crippen LogP contribution in [0.2, 0.25) is 0 Å². The molecular formula is C24H21N3O3. The number of hydrogen-bond acceptors (Lipinski definition) is 4. The van der Waals surface area contributed by atoms with Gasteiger partial charge in [0.2, 0.25) is 5.91 Å². The van der Waals surface area contributed by atoms with Gasteiger partial charge in [-0.15, -0.1) is 0 Å². The van der Waals surface area contributed by atoms with E-state index in [1.165, 1.54) is 13.2 Å². The molecule has 6 heteroatoms. The fraction of sp³-hybridized carbons (Fsp3) is 0.208. The predicted molar refractivity (Wildman–Crippen MR) is 113 cm³/mol. The first-order chi connectivity index (χ1) is 14.5. The van der Waals surface area contributed by atoms with Crippen molar-refractivity contribution in [1.29, 1.82) is 5.26 Å². The summed E-state index contributed by atoms with van der Waals surface area (Å²) in [5, 5.41) is 9.44. The van der Waals surface area contributed by atoms with Crippen LogP contribution in [0.1, 0.15) is 48.0 Å². The van der Waals surface area contributed by atoms with E-state index in [2.05, 4.69) is 6.07 Å². The molecule has 2 atom stereocenters. The molecule has 2 heterocycles. The standard InChI is InChI=1S/C24H21N3O3/c1-16-13-22(27(17(2)28)19-7-4-3-5-8-19)20-14-18(15-25)10-11-21(20)26(16)24(29)23-9-6-12-30-23/h3-12,14,16,22H,13H2,1-2H3. The molecule has 0 aliphatic carbocycles. The molecule has 2 unspecified atom stereocenters. The Balaban J connectivity index is 1.86. The van der Waals surface area contributed by atoms with E-state index in [4.69, 9.17) is 4.42 Å². The maximum Gasteiger partial charge on any atom is 0.294 e. The maximum atomic E-state index is 13.2. The summed E-state index contributed by atoms with van der Waals surface area (Å²) >= 11 is 0. The van der Waals surface area contributed by atoms with E-state index in [1.54, 1.807) is 40.1 Å². The van der Waals surface area contributed by atoms with Crippen LogP contribution < -0.4 is 9.80 Å². The minimum Gasteiger partial charge on any atom is -0.459 e. The van der Waals surface area contributed by atoms with Gasteiger partial charge in [-0.2, -0.15) is 5.26 Å². The topological polar surface area (TPSA) is 77.6 Å². The summed E-state index contributed by atoms with van der Waals surface area (Å²) in [5.41, 5.74) is 2.71. The minimum absolute atomic E-state index is 0.0995. The first-order valence-electron chi connectivity index (χ1n) is 9.77. The van der Waals surface area contributed by atoms with E-state index >= 15 is 0 Å². The Morgan fingerprint density at radius 2 is 1.90 bits per heavy atom. The van der Waals surface area contributed by atoms with E-state index < -0.39 is 0 Å². The van der Waals surface area contributed by atoms with Gasteiger partial charge in [0.15, 0.2) is 5.76 Å². The predicted octanol–water partition coefficient (Wildman–Crippen LogP) is 4.68. The molecular weight excluding hydrogens is 378 g/mol. The maximum absolute atomic E-state index is 13.2. The van der Waals surface area contributed by atoms with Gasteiger partial charge < -0.3 is 14.2 Å². The minimum atomic E-state index is -0.302. The number of hydrogen-bond donors (Lipinski definition) is 0. The number of benzene rings is 2. The molecule has 1 aliphatic rings. The highest BCUT2D eigenvalue weighted by atomic mass is 16.3. The first kappa shape index (κ1) is 19.5. The van der Waals surface area contributed by atoms with Crippen molar-refractivity contribution < 1.29 is 14.0 Å². The summed E-state index contributed by atoms with van der Waals surface area (Å²) in [7, 11) is 0. The van der Waals surface area contributed by atoms with Crippen molar-refractivity contribution in [2.24, 2.45) is 0 Å². The number of anilines is 2. The van der Waals surface area contributed by atoms with Gasteiger partial charge in [0.25, 0.3) is 5.91 Å². The Morgan fingerprint density at radius 3 is 2.53 bits per heavy atom. The lowest BCUT2D eigenvalue weighted by Crippen LogP contribution is -2.47. The summed E-state index contributed by atoms with van der Waals surface area (Å²) in [6.45, 7) is 3.49. The lowest BCUT2D eigenvalue weighted by atomic mass is 9.88.